The zero-order chi connectivity index (χ0) is 14.1. The van der Waals surface area contributed by atoms with Crippen molar-refractivity contribution in [1.29, 1.82) is 0 Å². The summed E-state index contributed by atoms with van der Waals surface area (Å²) in [6, 6.07) is -0.377. The van der Waals surface area contributed by atoms with Gasteiger partial charge in [-0.2, -0.15) is 13.2 Å². The smallest absolute Gasteiger partial charge is 0.326 e. The lowest BCUT2D eigenvalue weighted by molar-refractivity contribution is -0.158. The Morgan fingerprint density at radius 1 is 1.22 bits per heavy atom. The van der Waals surface area contributed by atoms with E-state index < -0.39 is 12.7 Å². The monoisotopic (exact) mass is 266 g/mol. The third-order valence-electron chi connectivity index (χ3n) is 3.50. The summed E-state index contributed by atoms with van der Waals surface area (Å²) >= 11 is 0. The first kappa shape index (κ1) is 15.8. The molecule has 0 spiro atoms. The van der Waals surface area contributed by atoms with Gasteiger partial charge in [0, 0.05) is 18.1 Å². The highest BCUT2D eigenvalue weighted by Crippen LogP contribution is 2.38. The molecule has 0 aromatic heterocycles. The standard InChI is InChI=1S/C13H25F3N2/c1-5-10(17)11(12(2,3)4)18(9-6-7-9)8-13(14,15)16/h9-11H,5-8,17H2,1-4H3. The van der Waals surface area contributed by atoms with Crippen LogP contribution >= 0.6 is 0 Å². The molecule has 1 saturated carbocycles. The summed E-state index contributed by atoms with van der Waals surface area (Å²) in [6.07, 6.45) is -1.74. The van der Waals surface area contributed by atoms with E-state index in [1.165, 1.54) is 0 Å². The van der Waals surface area contributed by atoms with E-state index in [-0.39, 0.29) is 23.5 Å². The van der Waals surface area contributed by atoms with Crippen LogP contribution in [-0.2, 0) is 0 Å². The molecule has 1 rings (SSSR count). The van der Waals surface area contributed by atoms with Gasteiger partial charge < -0.3 is 5.73 Å². The number of nitrogens with zero attached hydrogens (tertiary/aromatic N) is 1. The van der Waals surface area contributed by atoms with Gasteiger partial charge in [0.25, 0.3) is 0 Å². The van der Waals surface area contributed by atoms with Gasteiger partial charge in [-0.05, 0) is 24.7 Å². The van der Waals surface area contributed by atoms with Gasteiger partial charge in [0.15, 0.2) is 0 Å². The summed E-state index contributed by atoms with van der Waals surface area (Å²) in [5, 5.41) is 0. The molecule has 2 unspecified atom stereocenters. The molecule has 18 heavy (non-hydrogen) atoms. The molecule has 0 aromatic rings. The molecule has 2 nitrogen and oxygen atoms in total. The molecule has 0 heterocycles. The van der Waals surface area contributed by atoms with Gasteiger partial charge in [-0.15, -0.1) is 0 Å². The second kappa shape index (κ2) is 5.37. The Balaban J connectivity index is 2.91. The number of alkyl halides is 3. The maximum Gasteiger partial charge on any atom is 0.401 e. The molecule has 1 aliphatic carbocycles. The van der Waals surface area contributed by atoms with E-state index in [2.05, 4.69) is 0 Å². The Labute approximate surface area is 108 Å². The maximum absolute atomic E-state index is 12.7. The zero-order valence-corrected chi connectivity index (χ0v) is 11.7. The summed E-state index contributed by atoms with van der Waals surface area (Å²) in [5.74, 6) is 0. The van der Waals surface area contributed by atoms with Crippen LogP contribution in [0.25, 0.3) is 0 Å². The minimum absolute atomic E-state index is 0.0634. The van der Waals surface area contributed by atoms with Crippen LogP contribution in [0.3, 0.4) is 0 Å². The molecule has 2 N–H and O–H groups in total. The molecule has 1 fully saturated rings. The molecule has 0 saturated heterocycles. The highest BCUT2D eigenvalue weighted by Gasteiger charge is 2.46. The molecule has 5 heteroatoms. The van der Waals surface area contributed by atoms with Gasteiger partial charge in [0.05, 0.1) is 6.54 Å². The van der Waals surface area contributed by atoms with Crippen molar-refractivity contribution in [2.45, 2.75) is 71.3 Å². The van der Waals surface area contributed by atoms with Crippen LogP contribution in [-0.4, -0.2) is 35.7 Å². The average Bonchev–Trinajstić information content (AvgIpc) is 2.94. The number of halogens is 3. The SMILES string of the molecule is CCC(N)C(N(CC(F)(F)F)C1CC1)C(C)(C)C. The molecular formula is C13H25F3N2. The largest absolute Gasteiger partial charge is 0.401 e. The van der Waals surface area contributed by atoms with Crippen LogP contribution in [0.15, 0.2) is 0 Å². The Bertz CT molecular complexity index is 266. The molecule has 0 aromatic carbocycles. The lowest BCUT2D eigenvalue weighted by atomic mass is 9.80. The Morgan fingerprint density at radius 2 is 1.72 bits per heavy atom. The lowest BCUT2D eigenvalue weighted by Crippen LogP contribution is -2.57. The van der Waals surface area contributed by atoms with Crippen LogP contribution < -0.4 is 5.73 Å². The van der Waals surface area contributed by atoms with Gasteiger partial charge in [-0.3, -0.25) is 4.90 Å². The van der Waals surface area contributed by atoms with Gasteiger partial charge in [-0.25, -0.2) is 0 Å². The first-order valence-electron chi connectivity index (χ1n) is 6.64. The van der Waals surface area contributed by atoms with E-state index in [4.69, 9.17) is 5.73 Å². The van der Waals surface area contributed by atoms with E-state index in [0.717, 1.165) is 12.8 Å². The topological polar surface area (TPSA) is 29.3 Å². The van der Waals surface area contributed by atoms with Crippen LogP contribution in [0.4, 0.5) is 13.2 Å². The van der Waals surface area contributed by atoms with Crippen molar-refractivity contribution < 1.29 is 13.2 Å². The van der Waals surface area contributed by atoms with Crippen molar-refractivity contribution >= 4 is 0 Å². The molecule has 0 aliphatic heterocycles. The molecular weight excluding hydrogens is 241 g/mol. The quantitative estimate of drug-likeness (QED) is 0.828. The van der Waals surface area contributed by atoms with E-state index in [0.29, 0.717) is 6.42 Å². The Kier molecular flexibility index (Phi) is 4.70. The normalized spacial score (nSPS) is 21.2. The third-order valence-corrected chi connectivity index (χ3v) is 3.50. The summed E-state index contributed by atoms with van der Waals surface area (Å²) in [4.78, 5) is 1.59. The van der Waals surface area contributed by atoms with Gasteiger partial charge in [0.1, 0.15) is 0 Å². The predicted octanol–water partition coefficient (Wildman–Crippen LogP) is 3.17. The van der Waals surface area contributed by atoms with Crippen LogP contribution in [0.5, 0.6) is 0 Å². The van der Waals surface area contributed by atoms with Crippen molar-refractivity contribution in [2.75, 3.05) is 6.54 Å². The van der Waals surface area contributed by atoms with Crippen LogP contribution in [0, 0.1) is 5.41 Å². The van der Waals surface area contributed by atoms with Crippen molar-refractivity contribution in [3.05, 3.63) is 0 Å². The summed E-state index contributed by atoms with van der Waals surface area (Å²) < 4.78 is 38.2. The minimum atomic E-state index is -4.15. The molecule has 2 atom stereocenters. The van der Waals surface area contributed by atoms with Crippen LogP contribution in [0.1, 0.15) is 47.0 Å². The third kappa shape index (κ3) is 4.43. The number of nitrogens with two attached hydrogens (primary N) is 1. The van der Waals surface area contributed by atoms with Crippen molar-refractivity contribution in [1.82, 2.24) is 4.90 Å². The Hall–Kier alpha value is -0.290. The van der Waals surface area contributed by atoms with Gasteiger partial charge in [-0.1, -0.05) is 27.7 Å². The zero-order valence-electron chi connectivity index (χ0n) is 11.7. The first-order chi connectivity index (χ1) is 8.06. The van der Waals surface area contributed by atoms with Crippen LogP contribution in [0.2, 0.25) is 0 Å². The molecule has 1 aliphatic rings. The second-order valence-corrected chi connectivity index (χ2v) is 6.40. The number of rotatable bonds is 5. The Morgan fingerprint density at radius 3 is 2.00 bits per heavy atom. The van der Waals surface area contributed by atoms with Crippen molar-refractivity contribution in [3.8, 4) is 0 Å². The summed E-state index contributed by atoms with van der Waals surface area (Å²) in [7, 11) is 0. The highest BCUT2D eigenvalue weighted by atomic mass is 19.4. The number of hydrogen-bond acceptors (Lipinski definition) is 2. The van der Waals surface area contributed by atoms with E-state index in [1.54, 1.807) is 4.90 Å². The fraction of sp³-hybridized carbons (Fsp3) is 1.00. The summed E-state index contributed by atoms with van der Waals surface area (Å²) in [6.45, 7) is 7.01. The van der Waals surface area contributed by atoms with E-state index in [1.807, 2.05) is 27.7 Å². The maximum atomic E-state index is 12.7. The fourth-order valence-electron chi connectivity index (χ4n) is 2.68. The minimum Gasteiger partial charge on any atom is -0.326 e. The molecule has 0 radical (unpaired) electrons. The number of hydrogen-bond donors (Lipinski definition) is 1. The molecule has 0 amide bonds. The van der Waals surface area contributed by atoms with E-state index >= 15 is 0 Å². The van der Waals surface area contributed by atoms with Gasteiger partial charge >= 0.3 is 6.18 Å². The van der Waals surface area contributed by atoms with Gasteiger partial charge in [0.2, 0.25) is 0 Å². The summed E-state index contributed by atoms with van der Waals surface area (Å²) in [5.41, 5.74) is 5.83. The lowest BCUT2D eigenvalue weighted by Gasteiger charge is -2.44. The van der Waals surface area contributed by atoms with Crippen molar-refractivity contribution in [2.24, 2.45) is 11.1 Å². The first-order valence-corrected chi connectivity index (χ1v) is 6.64. The van der Waals surface area contributed by atoms with Crippen molar-refractivity contribution in [3.63, 3.8) is 0 Å². The molecule has 108 valence electrons. The average molecular weight is 266 g/mol. The fourth-order valence-corrected chi connectivity index (χ4v) is 2.68. The van der Waals surface area contributed by atoms with E-state index in [9.17, 15) is 13.2 Å². The predicted molar refractivity (Wildman–Crippen MR) is 67.3 cm³/mol. The second-order valence-electron chi connectivity index (χ2n) is 6.40. The molecule has 0 bridgehead atoms. The highest BCUT2D eigenvalue weighted by molar-refractivity contribution is 4.98.